The summed E-state index contributed by atoms with van der Waals surface area (Å²) in [5.41, 5.74) is 0.777. The Kier molecular flexibility index (Phi) is 4.75. The Hall–Kier alpha value is -2.14. The topological polar surface area (TPSA) is 32.3 Å². The van der Waals surface area contributed by atoms with E-state index in [1.165, 1.54) is 18.0 Å². The minimum Gasteiger partial charge on any atom is -0.323 e. The molecule has 0 unspecified atom stereocenters. The van der Waals surface area contributed by atoms with Crippen LogP contribution in [0.3, 0.4) is 0 Å². The van der Waals surface area contributed by atoms with Crippen LogP contribution in [0.25, 0.3) is 0 Å². The van der Waals surface area contributed by atoms with Gasteiger partial charge in [-0.2, -0.15) is 0 Å². The van der Waals surface area contributed by atoms with Gasteiger partial charge in [-0.25, -0.2) is 13.6 Å². The number of rotatable bonds is 3. The maximum Gasteiger partial charge on any atom is 0.321 e. The van der Waals surface area contributed by atoms with Gasteiger partial charge in [0.25, 0.3) is 0 Å². The third-order valence-electron chi connectivity index (χ3n) is 2.85. The minimum atomic E-state index is -0.683. The van der Waals surface area contributed by atoms with Crippen molar-refractivity contribution in [3.63, 3.8) is 0 Å². The molecule has 2 rings (SSSR count). The van der Waals surface area contributed by atoms with Crippen LogP contribution >= 0.6 is 11.6 Å². The second-order valence-electron chi connectivity index (χ2n) is 4.53. The van der Waals surface area contributed by atoms with Gasteiger partial charge in [0.1, 0.15) is 11.6 Å². The van der Waals surface area contributed by atoms with Crippen molar-refractivity contribution in [3.8, 4) is 0 Å². The molecule has 0 bridgehead atoms. The van der Waals surface area contributed by atoms with E-state index in [0.29, 0.717) is 10.7 Å². The predicted octanol–water partition coefficient (Wildman–Crippen LogP) is 4.28. The number of benzene rings is 2. The average molecular weight is 311 g/mol. The maximum atomic E-state index is 13.5. The first-order valence-electron chi connectivity index (χ1n) is 6.17. The van der Waals surface area contributed by atoms with Crippen LogP contribution in [0.2, 0.25) is 5.02 Å². The Labute approximate surface area is 126 Å². The number of amides is 2. The third-order valence-corrected chi connectivity index (χ3v) is 3.08. The predicted molar refractivity (Wildman–Crippen MR) is 78.3 cm³/mol. The zero-order valence-corrected chi connectivity index (χ0v) is 12.0. The summed E-state index contributed by atoms with van der Waals surface area (Å²) in [6.45, 7) is 0.0263. The summed E-state index contributed by atoms with van der Waals surface area (Å²) in [5, 5.41) is 3.14. The van der Waals surface area contributed by atoms with Crippen LogP contribution in [0, 0.1) is 11.6 Å². The molecule has 0 aliphatic carbocycles. The summed E-state index contributed by atoms with van der Waals surface area (Å²) in [7, 11) is 1.52. The standard InChI is InChI=1S/C15H13ClF2N2O/c1-20(9-10-5-6-12(17)8-14(10)18)15(21)19-13-4-2-3-11(16)7-13/h2-8H,9H2,1H3,(H,19,21). The lowest BCUT2D eigenvalue weighted by Gasteiger charge is -2.18. The lowest BCUT2D eigenvalue weighted by molar-refractivity contribution is 0.220. The molecule has 2 aromatic rings. The van der Waals surface area contributed by atoms with Gasteiger partial charge in [-0.05, 0) is 24.3 Å². The van der Waals surface area contributed by atoms with Gasteiger partial charge in [0, 0.05) is 35.9 Å². The molecule has 0 heterocycles. The third kappa shape index (κ3) is 4.16. The normalized spacial score (nSPS) is 10.3. The summed E-state index contributed by atoms with van der Waals surface area (Å²) in [4.78, 5) is 13.3. The molecule has 1 N–H and O–H groups in total. The zero-order valence-electron chi connectivity index (χ0n) is 11.2. The molecular formula is C15H13ClF2N2O. The van der Waals surface area contributed by atoms with E-state index in [0.717, 1.165) is 12.1 Å². The minimum absolute atomic E-state index is 0.0263. The van der Waals surface area contributed by atoms with E-state index >= 15 is 0 Å². The van der Waals surface area contributed by atoms with E-state index in [4.69, 9.17) is 11.6 Å². The molecule has 21 heavy (non-hydrogen) atoms. The molecule has 110 valence electrons. The molecule has 6 heteroatoms. The van der Waals surface area contributed by atoms with Crippen molar-refractivity contribution < 1.29 is 13.6 Å². The molecular weight excluding hydrogens is 298 g/mol. The van der Waals surface area contributed by atoms with Crippen LogP contribution < -0.4 is 5.32 Å². The number of urea groups is 1. The van der Waals surface area contributed by atoms with Crippen LogP contribution in [0.4, 0.5) is 19.3 Å². The first-order chi connectivity index (χ1) is 9.95. The first kappa shape index (κ1) is 15.3. The van der Waals surface area contributed by atoms with Crippen molar-refractivity contribution in [3.05, 3.63) is 64.7 Å². The van der Waals surface area contributed by atoms with Crippen molar-refractivity contribution in [1.29, 1.82) is 0 Å². The molecule has 0 aromatic heterocycles. The van der Waals surface area contributed by atoms with Gasteiger partial charge in [0.05, 0.1) is 0 Å². The Morgan fingerprint density at radius 2 is 2.00 bits per heavy atom. The van der Waals surface area contributed by atoms with E-state index in [2.05, 4.69) is 5.32 Å². The maximum absolute atomic E-state index is 13.5. The van der Waals surface area contributed by atoms with E-state index in [1.54, 1.807) is 24.3 Å². The van der Waals surface area contributed by atoms with Gasteiger partial charge in [0.2, 0.25) is 0 Å². The zero-order chi connectivity index (χ0) is 15.4. The first-order valence-corrected chi connectivity index (χ1v) is 6.55. The molecule has 0 spiro atoms. The summed E-state index contributed by atoms with van der Waals surface area (Å²) < 4.78 is 26.4. The Balaban J connectivity index is 2.02. The van der Waals surface area contributed by atoms with Crippen LogP contribution in [0.5, 0.6) is 0 Å². The van der Waals surface area contributed by atoms with Crippen LogP contribution in [0.15, 0.2) is 42.5 Å². The van der Waals surface area contributed by atoms with E-state index in [9.17, 15) is 13.6 Å². The van der Waals surface area contributed by atoms with Crippen molar-refractivity contribution in [2.45, 2.75) is 6.54 Å². The molecule has 0 aliphatic rings. The summed E-state index contributed by atoms with van der Waals surface area (Å²) in [6, 6.07) is 9.53. The van der Waals surface area contributed by atoms with Gasteiger partial charge in [-0.1, -0.05) is 23.7 Å². The van der Waals surface area contributed by atoms with Crippen molar-refractivity contribution in [2.24, 2.45) is 0 Å². The Bertz CT molecular complexity index is 664. The molecule has 0 radical (unpaired) electrons. The number of hydrogen-bond acceptors (Lipinski definition) is 1. The van der Waals surface area contributed by atoms with Crippen molar-refractivity contribution in [1.82, 2.24) is 4.90 Å². The lowest BCUT2D eigenvalue weighted by Crippen LogP contribution is -2.31. The van der Waals surface area contributed by atoms with E-state index in [-0.39, 0.29) is 12.1 Å². The molecule has 0 saturated carbocycles. The molecule has 0 atom stereocenters. The number of carbonyl (C=O) groups is 1. The molecule has 0 fully saturated rings. The Morgan fingerprint density at radius 1 is 1.24 bits per heavy atom. The van der Waals surface area contributed by atoms with Crippen LogP contribution in [-0.4, -0.2) is 18.0 Å². The number of nitrogens with zero attached hydrogens (tertiary/aromatic N) is 1. The van der Waals surface area contributed by atoms with Gasteiger partial charge in [0.15, 0.2) is 0 Å². The number of anilines is 1. The average Bonchev–Trinajstić information content (AvgIpc) is 2.41. The Morgan fingerprint density at radius 3 is 2.67 bits per heavy atom. The summed E-state index contributed by atoms with van der Waals surface area (Å²) >= 11 is 5.82. The van der Waals surface area contributed by atoms with E-state index in [1.807, 2.05) is 0 Å². The van der Waals surface area contributed by atoms with Gasteiger partial charge < -0.3 is 10.2 Å². The molecule has 3 nitrogen and oxygen atoms in total. The highest BCUT2D eigenvalue weighted by atomic mass is 35.5. The fraction of sp³-hybridized carbons (Fsp3) is 0.133. The molecule has 2 aromatic carbocycles. The van der Waals surface area contributed by atoms with Gasteiger partial charge in [-0.15, -0.1) is 0 Å². The second-order valence-corrected chi connectivity index (χ2v) is 4.97. The molecule has 0 aliphatic heterocycles. The number of halogens is 3. The smallest absolute Gasteiger partial charge is 0.321 e. The molecule has 2 amide bonds. The number of nitrogens with one attached hydrogen (secondary N) is 1. The monoisotopic (exact) mass is 310 g/mol. The van der Waals surface area contributed by atoms with Gasteiger partial charge in [-0.3, -0.25) is 0 Å². The fourth-order valence-electron chi connectivity index (χ4n) is 1.76. The SMILES string of the molecule is CN(Cc1ccc(F)cc1F)C(=O)Nc1cccc(Cl)c1. The highest BCUT2D eigenvalue weighted by Crippen LogP contribution is 2.16. The van der Waals surface area contributed by atoms with Crippen LogP contribution in [0.1, 0.15) is 5.56 Å². The highest BCUT2D eigenvalue weighted by Gasteiger charge is 2.12. The quantitative estimate of drug-likeness (QED) is 0.901. The fourth-order valence-corrected chi connectivity index (χ4v) is 1.95. The lowest BCUT2D eigenvalue weighted by atomic mass is 10.2. The number of carbonyl (C=O) groups excluding carboxylic acids is 1. The largest absolute Gasteiger partial charge is 0.323 e. The molecule has 0 saturated heterocycles. The summed E-state index contributed by atoms with van der Waals surface area (Å²) in [5.74, 6) is -1.33. The van der Waals surface area contributed by atoms with Crippen molar-refractivity contribution >= 4 is 23.3 Å². The van der Waals surface area contributed by atoms with E-state index < -0.39 is 17.7 Å². The highest BCUT2D eigenvalue weighted by molar-refractivity contribution is 6.30. The van der Waals surface area contributed by atoms with Crippen LogP contribution in [-0.2, 0) is 6.54 Å². The summed E-state index contributed by atoms with van der Waals surface area (Å²) in [6.07, 6.45) is 0. The van der Waals surface area contributed by atoms with Crippen molar-refractivity contribution in [2.75, 3.05) is 12.4 Å². The second kappa shape index (κ2) is 6.54. The van der Waals surface area contributed by atoms with Gasteiger partial charge >= 0.3 is 6.03 Å². The number of hydrogen-bond donors (Lipinski definition) is 1.